The molecule has 1 aromatic heterocycles. The van der Waals surface area contributed by atoms with Crippen molar-refractivity contribution in [1.82, 2.24) is 10.3 Å². The molecule has 0 saturated carbocycles. The molecular weight excluding hydrogens is 238 g/mol. The van der Waals surface area contributed by atoms with E-state index in [2.05, 4.69) is 43.3 Å². The molecule has 0 fully saturated rings. The van der Waals surface area contributed by atoms with Crippen LogP contribution in [0, 0.1) is 5.41 Å². The predicted molar refractivity (Wildman–Crippen MR) is 79.4 cm³/mol. The van der Waals surface area contributed by atoms with Gasteiger partial charge in [-0.2, -0.15) is 0 Å². The van der Waals surface area contributed by atoms with Crippen LogP contribution in [0.3, 0.4) is 0 Å². The number of pyridine rings is 1. The topological polar surface area (TPSA) is 54.0 Å². The molecule has 1 rings (SSSR count). The third kappa shape index (κ3) is 4.54. The molecule has 0 spiro atoms. The molecule has 1 atom stereocenters. The van der Waals surface area contributed by atoms with Gasteiger partial charge in [0.25, 0.3) is 5.91 Å². The van der Waals surface area contributed by atoms with E-state index in [1.54, 1.807) is 18.3 Å². The molecule has 106 valence electrons. The number of carbonyl (C=O) groups excluding carboxylic acids is 1. The van der Waals surface area contributed by atoms with E-state index < -0.39 is 0 Å². The van der Waals surface area contributed by atoms with Crippen LogP contribution in [0.25, 0.3) is 0 Å². The van der Waals surface area contributed by atoms with Crippen molar-refractivity contribution in [2.24, 2.45) is 5.41 Å². The number of anilines is 1. The van der Waals surface area contributed by atoms with Gasteiger partial charge in [-0.25, -0.2) is 4.98 Å². The Morgan fingerprint density at radius 3 is 2.68 bits per heavy atom. The van der Waals surface area contributed by atoms with Crippen LogP contribution in [-0.2, 0) is 0 Å². The average molecular weight is 263 g/mol. The van der Waals surface area contributed by atoms with Gasteiger partial charge in [-0.1, -0.05) is 27.7 Å². The molecule has 19 heavy (non-hydrogen) atoms. The van der Waals surface area contributed by atoms with Gasteiger partial charge < -0.3 is 10.6 Å². The first-order valence-electron chi connectivity index (χ1n) is 6.86. The molecule has 4 nitrogen and oxygen atoms in total. The van der Waals surface area contributed by atoms with E-state index in [-0.39, 0.29) is 17.4 Å². The van der Waals surface area contributed by atoms with Crippen LogP contribution in [0.15, 0.2) is 18.3 Å². The molecule has 0 aliphatic rings. The largest absolute Gasteiger partial charge is 0.369 e. The lowest BCUT2D eigenvalue weighted by Crippen LogP contribution is -2.41. The molecule has 4 heteroatoms. The summed E-state index contributed by atoms with van der Waals surface area (Å²) in [5.41, 5.74) is 0.640. The van der Waals surface area contributed by atoms with Crippen molar-refractivity contribution in [3.05, 3.63) is 23.9 Å². The predicted octanol–water partition coefficient (Wildman–Crippen LogP) is 3.07. The summed E-state index contributed by atoms with van der Waals surface area (Å²) < 4.78 is 0. The Hall–Kier alpha value is -1.58. The van der Waals surface area contributed by atoms with Crippen molar-refractivity contribution in [3.8, 4) is 0 Å². The van der Waals surface area contributed by atoms with E-state index in [0.717, 1.165) is 13.0 Å². The number of hydrogen-bond donors (Lipinski definition) is 2. The van der Waals surface area contributed by atoms with Crippen molar-refractivity contribution in [3.63, 3.8) is 0 Å². The van der Waals surface area contributed by atoms with Crippen LogP contribution in [0.2, 0.25) is 0 Å². The van der Waals surface area contributed by atoms with Crippen molar-refractivity contribution >= 4 is 11.7 Å². The first-order chi connectivity index (χ1) is 8.86. The van der Waals surface area contributed by atoms with E-state index in [1.807, 2.05) is 6.92 Å². The Bertz CT molecular complexity index is 424. The Labute approximate surface area is 116 Å². The van der Waals surface area contributed by atoms with E-state index in [0.29, 0.717) is 11.4 Å². The van der Waals surface area contributed by atoms with Crippen molar-refractivity contribution in [1.29, 1.82) is 0 Å². The fourth-order valence-electron chi connectivity index (χ4n) is 1.46. The van der Waals surface area contributed by atoms with E-state index in [1.165, 1.54) is 0 Å². The second kappa shape index (κ2) is 6.55. The average Bonchev–Trinajstić information content (AvgIpc) is 2.35. The zero-order chi connectivity index (χ0) is 14.5. The van der Waals surface area contributed by atoms with E-state index in [4.69, 9.17) is 0 Å². The fraction of sp³-hybridized carbons (Fsp3) is 0.600. The standard InChI is InChI=1S/C15H25N3O/c1-6-9-16-13-12(8-7-10-17-13)14(19)18-11(2)15(3,4)5/h7-8,10-11H,6,9H2,1-5H3,(H,16,17)(H,18,19). The first kappa shape index (κ1) is 15.5. The van der Waals surface area contributed by atoms with Gasteiger partial charge in [0, 0.05) is 18.8 Å². The number of rotatable bonds is 5. The number of amides is 1. The summed E-state index contributed by atoms with van der Waals surface area (Å²) in [6.07, 6.45) is 2.69. The Kier molecular flexibility index (Phi) is 5.33. The number of hydrogen-bond acceptors (Lipinski definition) is 3. The highest BCUT2D eigenvalue weighted by Crippen LogP contribution is 2.20. The zero-order valence-corrected chi connectivity index (χ0v) is 12.6. The molecule has 1 amide bonds. The van der Waals surface area contributed by atoms with Crippen LogP contribution >= 0.6 is 0 Å². The van der Waals surface area contributed by atoms with Gasteiger partial charge in [0.2, 0.25) is 0 Å². The minimum atomic E-state index is -0.0749. The molecule has 0 aromatic carbocycles. The van der Waals surface area contributed by atoms with Gasteiger partial charge in [0.1, 0.15) is 5.82 Å². The number of carbonyl (C=O) groups is 1. The molecule has 2 N–H and O–H groups in total. The lowest BCUT2D eigenvalue weighted by Gasteiger charge is -2.28. The summed E-state index contributed by atoms with van der Waals surface area (Å²) in [4.78, 5) is 16.5. The Morgan fingerprint density at radius 1 is 1.42 bits per heavy atom. The number of nitrogens with zero attached hydrogens (tertiary/aromatic N) is 1. The molecule has 0 bridgehead atoms. The smallest absolute Gasteiger partial charge is 0.255 e. The third-order valence-corrected chi connectivity index (χ3v) is 3.24. The summed E-state index contributed by atoms with van der Waals surface area (Å²) in [6, 6.07) is 3.68. The van der Waals surface area contributed by atoms with Crippen LogP contribution < -0.4 is 10.6 Å². The maximum absolute atomic E-state index is 12.3. The normalized spacial score (nSPS) is 12.9. The van der Waals surface area contributed by atoms with Gasteiger partial charge >= 0.3 is 0 Å². The molecule has 0 aliphatic heterocycles. The van der Waals surface area contributed by atoms with Crippen LogP contribution in [-0.4, -0.2) is 23.5 Å². The van der Waals surface area contributed by atoms with Crippen LogP contribution in [0.5, 0.6) is 0 Å². The maximum Gasteiger partial charge on any atom is 0.255 e. The van der Waals surface area contributed by atoms with E-state index in [9.17, 15) is 4.79 Å². The minimum Gasteiger partial charge on any atom is -0.369 e. The molecule has 0 radical (unpaired) electrons. The highest BCUT2D eigenvalue weighted by Gasteiger charge is 2.23. The Morgan fingerprint density at radius 2 is 2.11 bits per heavy atom. The van der Waals surface area contributed by atoms with Crippen molar-refractivity contribution < 1.29 is 4.79 Å². The fourth-order valence-corrected chi connectivity index (χ4v) is 1.46. The minimum absolute atomic E-state index is 0.0366. The highest BCUT2D eigenvalue weighted by atomic mass is 16.1. The molecule has 1 aromatic rings. The van der Waals surface area contributed by atoms with Gasteiger partial charge in [-0.05, 0) is 30.9 Å². The summed E-state index contributed by atoms with van der Waals surface area (Å²) in [5.74, 6) is 0.581. The monoisotopic (exact) mass is 263 g/mol. The quantitative estimate of drug-likeness (QED) is 0.858. The second-order valence-electron chi connectivity index (χ2n) is 5.89. The highest BCUT2D eigenvalue weighted by molar-refractivity contribution is 5.98. The SMILES string of the molecule is CCCNc1ncccc1C(=O)NC(C)C(C)(C)C. The van der Waals surface area contributed by atoms with Gasteiger partial charge in [-0.15, -0.1) is 0 Å². The van der Waals surface area contributed by atoms with Gasteiger partial charge in [0.05, 0.1) is 5.56 Å². The molecule has 1 unspecified atom stereocenters. The lowest BCUT2D eigenvalue weighted by atomic mass is 9.88. The Balaban J connectivity index is 2.82. The number of nitrogens with one attached hydrogen (secondary N) is 2. The molecule has 0 aliphatic carbocycles. The summed E-state index contributed by atoms with van der Waals surface area (Å²) >= 11 is 0. The number of aromatic nitrogens is 1. The molecular formula is C15H25N3O. The van der Waals surface area contributed by atoms with Crippen molar-refractivity contribution in [2.45, 2.75) is 47.1 Å². The summed E-state index contributed by atoms with van der Waals surface area (Å²) in [5, 5.41) is 6.22. The first-order valence-corrected chi connectivity index (χ1v) is 6.86. The van der Waals surface area contributed by atoms with Crippen LogP contribution in [0.1, 0.15) is 51.4 Å². The van der Waals surface area contributed by atoms with Crippen LogP contribution in [0.4, 0.5) is 5.82 Å². The maximum atomic E-state index is 12.3. The van der Waals surface area contributed by atoms with E-state index >= 15 is 0 Å². The molecule has 0 saturated heterocycles. The van der Waals surface area contributed by atoms with Crippen molar-refractivity contribution in [2.75, 3.05) is 11.9 Å². The van der Waals surface area contributed by atoms with Gasteiger partial charge in [-0.3, -0.25) is 4.79 Å². The summed E-state index contributed by atoms with van der Waals surface area (Å²) in [6.45, 7) is 11.2. The second-order valence-corrected chi connectivity index (χ2v) is 5.89. The molecule has 1 heterocycles. The zero-order valence-electron chi connectivity index (χ0n) is 12.6. The summed E-state index contributed by atoms with van der Waals surface area (Å²) in [7, 11) is 0. The van der Waals surface area contributed by atoms with Gasteiger partial charge in [0.15, 0.2) is 0 Å². The lowest BCUT2D eigenvalue weighted by molar-refractivity contribution is 0.0910. The third-order valence-electron chi connectivity index (χ3n) is 3.24.